The average molecular weight is 647 g/mol. The van der Waals surface area contributed by atoms with Crippen molar-refractivity contribution in [2.45, 2.75) is 88.9 Å². The smallest absolute Gasteiger partial charge is 0.410 e. The molecule has 1 saturated heterocycles. The number of nitrogens with zero attached hydrogens (tertiary/aromatic N) is 2. The van der Waals surface area contributed by atoms with Gasteiger partial charge in [0, 0.05) is 30.5 Å². The molecule has 0 aromatic heterocycles. The van der Waals surface area contributed by atoms with E-state index in [4.69, 9.17) is 25.8 Å². The molecule has 0 unspecified atom stereocenters. The fourth-order valence-corrected chi connectivity index (χ4v) is 6.21. The van der Waals surface area contributed by atoms with E-state index >= 15 is 0 Å². The highest BCUT2D eigenvalue weighted by atomic mass is 35.5. The SMILES string of the molecule is CC(C)(C)OC(=O)N[C@H]1COCCC/C=C\[C@@H]2C[C@@]2(C(=O)O)NC(=O)[C@@H]2C[C@@H](OC(=O)N3Cc4cccc(Cl)c4C3)CN2C1=O. The third kappa shape index (κ3) is 7.36. The number of amides is 4. The van der Waals surface area contributed by atoms with E-state index in [2.05, 4.69) is 10.6 Å². The van der Waals surface area contributed by atoms with Gasteiger partial charge in [-0.05, 0) is 57.2 Å². The van der Waals surface area contributed by atoms with Crippen LogP contribution in [-0.2, 0) is 41.7 Å². The van der Waals surface area contributed by atoms with Gasteiger partial charge in [-0.3, -0.25) is 14.5 Å². The molecule has 4 aliphatic rings. The van der Waals surface area contributed by atoms with Crippen LogP contribution >= 0.6 is 11.6 Å². The first-order valence-electron chi connectivity index (χ1n) is 15.1. The van der Waals surface area contributed by atoms with Gasteiger partial charge in [0.25, 0.3) is 0 Å². The summed E-state index contributed by atoms with van der Waals surface area (Å²) in [5, 5.41) is 15.8. The number of rotatable bonds is 3. The van der Waals surface area contributed by atoms with Crippen molar-refractivity contribution in [1.29, 1.82) is 0 Å². The number of allylic oxidation sites excluding steroid dienone is 1. The second-order valence-corrected chi connectivity index (χ2v) is 13.3. The molecule has 0 bridgehead atoms. The maximum atomic E-state index is 14.0. The predicted octanol–water partition coefficient (Wildman–Crippen LogP) is 2.98. The zero-order valence-corrected chi connectivity index (χ0v) is 26.3. The maximum absolute atomic E-state index is 14.0. The van der Waals surface area contributed by atoms with Crippen LogP contribution in [-0.4, -0.2) is 94.0 Å². The lowest BCUT2D eigenvalue weighted by molar-refractivity contribution is -0.146. The van der Waals surface area contributed by atoms with E-state index in [0.717, 1.165) is 11.1 Å². The number of carboxylic acid groups (broad SMARTS) is 1. The molecular formula is C31H39ClN4O9. The number of alkyl carbamates (subject to hydrolysis) is 1. The fourth-order valence-electron chi connectivity index (χ4n) is 5.96. The van der Waals surface area contributed by atoms with Crippen molar-refractivity contribution in [1.82, 2.24) is 20.4 Å². The Balaban J connectivity index is 1.37. The number of carboxylic acids is 1. The van der Waals surface area contributed by atoms with Crippen LogP contribution in [0.4, 0.5) is 9.59 Å². The number of hydrogen-bond donors (Lipinski definition) is 3. The van der Waals surface area contributed by atoms with E-state index < -0.39 is 65.2 Å². The molecule has 244 valence electrons. The van der Waals surface area contributed by atoms with Crippen LogP contribution in [0.15, 0.2) is 30.4 Å². The molecule has 0 spiro atoms. The second-order valence-electron chi connectivity index (χ2n) is 12.9. The summed E-state index contributed by atoms with van der Waals surface area (Å²) in [6.07, 6.45) is 2.62. The minimum absolute atomic E-state index is 0.0684. The normalized spacial score (nSPS) is 29.2. The minimum atomic E-state index is -1.50. The van der Waals surface area contributed by atoms with Crippen molar-refractivity contribution in [3.63, 3.8) is 0 Å². The van der Waals surface area contributed by atoms with Gasteiger partial charge in [-0.15, -0.1) is 0 Å². The number of ether oxygens (including phenoxy) is 3. The van der Waals surface area contributed by atoms with Crippen LogP contribution in [0, 0.1) is 5.92 Å². The number of nitrogens with one attached hydrogen (secondary N) is 2. The molecule has 1 saturated carbocycles. The minimum Gasteiger partial charge on any atom is -0.479 e. The molecule has 3 heterocycles. The third-order valence-electron chi connectivity index (χ3n) is 8.34. The highest BCUT2D eigenvalue weighted by Crippen LogP contribution is 2.45. The van der Waals surface area contributed by atoms with Gasteiger partial charge < -0.3 is 34.9 Å². The molecule has 5 rings (SSSR count). The molecule has 3 N–H and O–H groups in total. The number of benzene rings is 1. The van der Waals surface area contributed by atoms with Crippen molar-refractivity contribution < 1.29 is 43.3 Å². The van der Waals surface area contributed by atoms with Crippen molar-refractivity contribution in [2.75, 3.05) is 19.8 Å². The van der Waals surface area contributed by atoms with Crippen molar-refractivity contribution in [3.8, 4) is 0 Å². The summed E-state index contributed by atoms with van der Waals surface area (Å²) >= 11 is 6.31. The standard InChI is InChI=1S/C31H39ClN4O9/c1-30(2,3)45-28(41)33-23-17-43-11-6-4-5-9-19-13-31(19,27(39)40)34-25(37)24-12-20(15-36(24)26(23)38)44-29(42)35-14-18-8-7-10-22(32)21(18)16-35/h5,7-10,19-20,23-24H,4,6,11-17H2,1-3H3,(H,33,41)(H,34,37)(H,39,40)/b9-5-/t19-,20-,23+,24+,31-/m1/s1. The van der Waals surface area contributed by atoms with Crippen LogP contribution in [0.25, 0.3) is 0 Å². The van der Waals surface area contributed by atoms with Gasteiger partial charge in [0.2, 0.25) is 11.8 Å². The van der Waals surface area contributed by atoms with Crippen LogP contribution in [0.1, 0.15) is 57.6 Å². The van der Waals surface area contributed by atoms with Crippen LogP contribution in [0.2, 0.25) is 5.02 Å². The quantitative estimate of drug-likeness (QED) is 0.419. The van der Waals surface area contributed by atoms with Crippen LogP contribution in [0.5, 0.6) is 0 Å². The van der Waals surface area contributed by atoms with E-state index in [1.807, 2.05) is 12.1 Å². The van der Waals surface area contributed by atoms with Crippen molar-refractivity contribution >= 4 is 41.6 Å². The molecule has 45 heavy (non-hydrogen) atoms. The predicted molar refractivity (Wildman–Crippen MR) is 160 cm³/mol. The number of halogens is 1. The summed E-state index contributed by atoms with van der Waals surface area (Å²) in [6, 6.07) is 3.04. The van der Waals surface area contributed by atoms with Gasteiger partial charge in [0.15, 0.2) is 0 Å². The highest BCUT2D eigenvalue weighted by Gasteiger charge is 2.61. The van der Waals surface area contributed by atoms with Gasteiger partial charge in [0.1, 0.15) is 29.3 Å². The topological polar surface area (TPSA) is 164 Å². The zero-order chi connectivity index (χ0) is 32.5. The first-order chi connectivity index (χ1) is 21.3. The Bertz CT molecular complexity index is 1400. The van der Waals surface area contributed by atoms with E-state index in [1.54, 1.807) is 39.0 Å². The molecule has 3 aliphatic heterocycles. The average Bonchev–Trinajstić information content (AvgIpc) is 3.27. The van der Waals surface area contributed by atoms with E-state index in [1.165, 1.54) is 9.80 Å². The number of fused-ring (bicyclic) bond motifs is 3. The molecular weight excluding hydrogens is 608 g/mol. The van der Waals surface area contributed by atoms with E-state index in [-0.39, 0.29) is 39.1 Å². The lowest BCUT2D eigenvalue weighted by atomic mass is 10.1. The lowest BCUT2D eigenvalue weighted by Gasteiger charge is -2.30. The van der Waals surface area contributed by atoms with E-state index in [0.29, 0.717) is 24.4 Å². The van der Waals surface area contributed by atoms with Gasteiger partial charge in [-0.1, -0.05) is 35.9 Å². The molecule has 0 radical (unpaired) electrons. The zero-order valence-electron chi connectivity index (χ0n) is 25.5. The number of carbonyl (C=O) groups excluding carboxylic acids is 4. The Kier molecular flexibility index (Phi) is 9.31. The number of hydrogen-bond acceptors (Lipinski definition) is 8. The molecule has 14 heteroatoms. The van der Waals surface area contributed by atoms with Gasteiger partial charge in [-0.2, -0.15) is 0 Å². The van der Waals surface area contributed by atoms with Crippen LogP contribution in [0.3, 0.4) is 0 Å². The van der Waals surface area contributed by atoms with E-state index in [9.17, 15) is 29.1 Å². The number of aliphatic carboxylic acids is 1. The second kappa shape index (κ2) is 12.9. The third-order valence-corrected chi connectivity index (χ3v) is 8.70. The first kappa shape index (κ1) is 32.6. The summed E-state index contributed by atoms with van der Waals surface area (Å²) in [5.74, 6) is -2.92. The van der Waals surface area contributed by atoms with Crippen molar-refractivity contribution in [3.05, 3.63) is 46.5 Å². The Morgan fingerprint density at radius 3 is 2.69 bits per heavy atom. The summed E-state index contributed by atoms with van der Waals surface area (Å²) in [6.45, 7) is 5.54. The molecule has 2 fully saturated rings. The molecule has 4 amide bonds. The Hall–Kier alpha value is -3.84. The number of carbonyl (C=O) groups is 5. The molecule has 5 atom stereocenters. The fraction of sp³-hybridized carbons (Fsp3) is 0.581. The van der Waals surface area contributed by atoms with Gasteiger partial charge in [0.05, 0.1) is 19.7 Å². The summed E-state index contributed by atoms with van der Waals surface area (Å²) in [5.41, 5.74) is -0.604. The highest BCUT2D eigenvalue weighted by molar-refractivity contribution is 6.31. The monoisotopic (exact) mass is 646 g/mol. The molecule has 1 aromatic rings. The molecule has 1 aliphatic carbocycles. The summed E-state index contributed by atoms with van der Waals surface area (Å²) in [7, 11) is 0. The van der Waals surface area contributed by atoms with Crippen molar-refractivity contribution in [2.24, 2.45) is 5.92 Å². The maximum Gasteiger partial charge on any atom is 0.410 e. The molecule has 1 aromatic carbocycles. The van der Waals surface area contributed by atoms with Gasteiger partial charge >= 0.3 is 18.2 Å². The first-order valence-corrected chi connectivity index (χ1v) is 15.5. The summed E-state index contributed by atoms with van der Waals surface area (Å²) < 4.78 is 16.9. The Morgan fingerprint density at radius 1 is 1.20 bits per heavy atom. The van der Waals surface area contributed by atoms with Crippen LogP contribution < -0.4 is 10.6 Å². The Labute approximate surface area is 266 Å². The largest absolute Gasteiger partial charge is 0.479 e. The molecule has 13 nitrogen and oxygen atoms in total. The summed E-state index contributed by atoms with van der Waals surface area (Å²) in [4.78, 5) is 68.6. The Morgan fingerprint density at radius 2 is 1.98 bits per heavy atom. The van der Waals surface area contributed by atoms with Gasteiger partial charge in [-0.25, -0.2) is 14.4 Å². The lowest BCUT2D eigenvalue weighted by Crippen LogP contribution is -2.57.